The molecule has 1 aromatic carbocycles. The molecule has 0 unspecified atom stereocenters. The van der Waals surface area contributed by atoms with E-state index in [0.29, 0.717) is 17.9 Å². The number of piperidine rings is 2. The summed E-state index contributed by atoms with van der Waals surface area (Å²) in [7, 11) is 0. The summed E-state index contributed by atoms with van der Waals surface area (Å²) in [4.78, 5) is 5.39. The van der Waals surface area contributed by atoms with Gasteiger partial charge in [0.05, 0.1) is 0 Å². The summed E-state index contributed by atoms with van der Waals surface area (Å²) in [6.07, 6.45) is 7.80. The minimum Gasteiger partial charge on any atom is -0.396 e. The van der Waals surface area contributed by atoms with Crippen molar-refractivity contribution in [2.75, 3.05) is 39.3 Å². The van der Waals surface area contributed by atoms with Gasteiger partial charge >= 0.3 is 0 Å². The van der Waals surface area contributed by atoms with E-state index in [1.165, 1.54) is 58.3 Å². The maximum absolute atomic E-state index is 9.07. The first-order valence-corrected chi connectivity index (χ1v) is 9.90. The summed E-state index contributed by atoms with van der Waals surface area (Å²) in [6.45, 7) is 6.44. The molecule has 4 rings (SSSR count). The first kappa shape index (κ1) is 16.6. The van der Waals surface area contributed by atoms with E-state index in [0.717, 1.165) is 19.0 Å². The highest BCUT2D eigenvalue weighted by Crippen LogP contribution is 2.47. The SMILES string of the molecule is OCCCN1CCC2(CC1)C[C@@H](c1ccccc1)CN(C1CC1)C2. The molecular weight excluding hydrogens is 296 g/mol. The molecule has 0 bridgehead atoms. The third-order valence-corrected chi connectivity index (χ3v) is 6.56. The zero-order valence-corrected chi connectivity index (χ0v) is 14.9. The number of hydrogen-bond acceptors (Lipinski definition) is 3. The zero-order valence-electron chi connectivity index (χ0n) is 14.9. The zero-order chi connectivity index (χ0) is 16.4. The highest BCUT2D eigenvalue weighted by molar-refractivity contribution is 5.22. The van der Waals surface area contributed by atoms with E-state index >= 15 is 0 Å². The number of hydrogen-bond donors (Lipinski definition) is 1. The van der Waals surface area contributed by atoms with Crippen LogP contribution in [0.1, 0.15) is 50.0 Å². The smallest absolute Gasteiger partial charge is 0.0443 e. The van der Waals surface area contributed by atoms with E-state index in [9.17, 15) is 0 Å². The van der Waals surface area contributed by atoms with Gasteiger partial charge in [-0.05, 0) is 68.5 Å². The topological polar surface area (TPSA) is 26.7 Å². The standard InChI is InChI=1S/C21H32N2O/c24-14-4-11-22-12-9-21(10-13-22)15-19(18-5-2-1-3-6-18)16-23(17-21)20-7-8-20/h1-3,5-6,19-20,24H,4,7-17H2/t19-/m1/s1. The predicted octanol–water partition coefficient (Wildman–Crippen LogP) is 3.10. The highest BCUT2D eigenvalue weighted by atomic mass is 16.3. The number of nitrogens with zero attached hydrogens (tertiary/aromatic N) is 2. The number of benzene rings is 1. The molecule has 1 aromatic rings. The van der Waals surface area contributed by atoms with Crippen LogP contribution in [-0.2, 0) is 0 Å². The Kier molecular flexibility index (Phi) is 4.93. The molecule has 132 valence electrons. The summed E-state index contributed by atoms with van der Waals surface area (Å²) >= 11 is 0. The molecular formula is C21H32N2O. The molecule has 1 atom stereocenters. The summed E-state index contributed by atoms with van der Waals surface area (Å²) in [6, 6.07) is 12.1. The Balaban J connectivity index is 1.46. The van der Waals surface area contributed by atoms with Crippen molar-refractivity contribution >= 4 is 0 Å². The Morgan fingerprint density at radius 3 is 2.50 bits per heavy atom. The first-order chi connectivity index (χ1) is 11.8. The number of rotatable bonds is 5. The number of aliphatic hydroxyl groups is 1. The van der Waals surface area contributed by atoms with E-state index in [-0.39, 0.29) is 0 Å². The van der Waals surface area contributed by atoms with E-state index in [1.54, 1.807) is 5.56 Å². The molecule has 1 aliphatic carbocycles. The molecule has 3 fully saturated rings. The van der Waals surface area contributed by atoms with Crippen LogP contribution < -0.4 is 0 Å². The van der Waals surface area contributed by atoms with E-state index in [4.69, 9.17) is 5.11 Å². The second-order valence-electron chi connectivity index (χ2n) is 8.39. The molecule has 2 saturated heterocycles. The largest absolute Gasteiger partial charge is 0.396 e. The molecule has 24 heavy (non-hydrogen) atoms. The lowest BCUT2D eigenvalue weighted by atomic mass is 9.68. The summed E-state index contributed by atoms with van der Waals surface area (Å²) in [5, 5.41) is 9.07. The van der Waals surface area contributed by atoms with Crippen LogP contribution in [0.3, 0.4) is 0 Å². The lowest BCUT2D eigenvalue weighted by molar-refractivity contribution is 0.00920. The minimum atomic E-state index is 0.327. The van der Waals surface area contributed by atoms with Gasteiger partial charge in [0.1, 0.15) is 0 Å². The van der Waals surface area contributed by atoms with Gasteiger partial charge in [0.25, 0.3) is 0 Å². The van der Waals surface area contributed by atoms with Crippen LogP contribution in [0, 0.1) is 5.41 Å². The molecule has 1 saturated carbocycles. The van der Waals surface area contributed by atoms with Crippen LogP contribution in [0.25, 0.3) is 0 Å². The van der Waals surface area contributed by atoms with Crippen LogP contribution in [0.2, 0.25) is 0 Å². The molecule has 3 nitrogen and oxygen atoms in total. The average molecular weight is 329 g/mol. The Morgan fingerprint density at radius 2 is 1.83 bits per heavy atom. The van der Waals surface area contributed by atoms with Gasteiger partial charge in [0.15, 0.2) is 0 Å². The van der Waals surface area contributed by atoms with E-state index in [1.807, 2.05) is 0 Å². The molecule has 1 N–H and O–H groups in total. The van der Waals surface area contributed by atoms with Gasteiger partial charge in [0.2, 0.25) is 0 Å². The fraction of sp³-hybridized carbons (Fsp3) is 0.714. The van der Waals surface area contributed by atoms with Crippen LogP contribution >= 0.6 is 0 Å². The van der Waals surface area contributed by atoms with Crippen LogP contribution in [0.5, 0.6) is 0 Å². The monoisotopic (exact) mass is 328 g/mol. The Bertz CT molecular complexity index is 520. The Morgan fingerprint density at radius 1 is 1.08 bits per heavy atom. The van der Waals surface area contributed by atoms with Gasteiger partial charge in [-0.15, -0.1) is 0 Å². The Hall–Kier alpha value is -0.900. The second-order valence-corrected chi connectivity index (χ2v) is 8.39. The van der Waals surface area contributed by atoms with Crippen molar-refractivity contribution in [3.63, 3.8) is 0 Å². The van der Waals surface area contributed by atoms with Crippen molar-refractivity contribution < 1.29 is 5.11 Å². The summed E-state index contributed by atoms with van der Waals surface area (Å²) in [5.41, 5.74) is 2.07. The van der Waals surface area contributed by atoms with Crippen LogP contribution in [0.15, 0.2) is 30.3 Å². The molecule has 0 amide bonds. The second kappa shape index (κ2) is 7.15. The van der Waals surface area contributed by atoms with Crippen molar-refractivity contribution in [2.45, 2.75) is 50.5 Å². The molecule has 3 heteroatoms. The highest BCUT2D eigenvalue weighted by Gasteiger charge is 2.45. The maximum Gasteiger partial charge on any atom is 0.0443 e. The minimum absolute atomic E-state index is 0.327. The van der Waals surface area contributed by atoms with E-state index < -0.39 is 0 Å². The van der Waals surface area contributed by atoms with Gasteiger partial charge in [0, 0.05) is 32.3 Å². The third kappa shape index (κ3) is 3.68. The Labute approximate surface area is 146 Å². The molecule has 0 radical (unpaired) electrons. The van der Waals surface area contributed by atoms with Crippen molar-refractivity contribution in [1.29, 1.82) is 0 Å². The lowest BCUT2D eigenvalue weighted by Gasteiger charge is -2.50. The average Bonchev–Trinajstić information content (AvgIpc) is 3.47. The summed E-state index contributed by atoms with van der Waals surface area (Å²) < 4.78 is 0. The third-order valence-electron chi connectivity index (χ3n) is 6.56. The fourth-order valence-corrected chi connectivity index (χ4v) is 5.00. The first-order valence-electron chi connectivity index (χ1n) is 9.90. The van der Waals surface area contributed by atoms with Gasteiger partial charge in [-0.2, -0.15) is 0 Å². The van der Waals surface area contributed by atoms with Gasteiger partial charge in [-0.1, -0.05) is 30.3 Å². The van der Waals surface area contributed by atoms with Gasteiger partial charge in [-0.3, -0.25) is 4.90 Å². The predicted molar refractivity (Wildman–Crippen MR) is 98.2 cm³/mol. The van der Waals surface area contributed by atoms with E-state index in [2.05, 4.69) is 40.1 Å². The van der Waals surface area contributed by atoms with Crippen molar-refractivity contribution in [1.82, 2.24) is 9.80 Å². The quantitative estimate of drug-likeness (QED) is 0.900. The number of aliphatic hydroxyl groups excluding tert-OH is 1. The summed E-state index contributed by atoms with van der Waals surface area (Å²) in [5.74, 6) is 0.713. The van der Waals surface area contributed by atoms with Crippen molar-refractivity contribution in [3.8, 4) is 0 Å². The van der Waals surface area contributed by atoms with Crippen molar-refractivity contribution in [3.05, 3.63) is 35.9 Å². The number of likely N-dealkylation sites (tertiary alicyclic amines) is 2. The molecule has 3 aliphatic rings. The van der Waals surface area contributed by atoms with Crippen LogP contribution in [-0.4, -0.2) is 60.3 Å². The maximum atomic E-state index is 9.07. The van der Waals surface area contributed by atoms with Crippen LogP contribution in [0.4, 0.5) is 0 Å². The molecule has 0 aromatic heterocycles. The van der Waals surface area contributed by atoms with Gasteiger partial charge < -0.3 is 10.0 Å². The molecule has 1 spiro atoms. The fourth-order valence-electron chi connectivity index (χ4n) is 5.00. The molecule has 2 heterocycles. The van der Waals surface area contributed by atoms with Gasteiger partial charge in [-0.25, -0.2) is 0 Å². The van der Waals surface area contributed by atoms with Crippen molar-refractivity contribution in [2.24, 2.45) is 5.41 Å². The normalized spacial score (nSPS) is 28.3. The lowest BCUT2D eigenvalue weighted by Crippen LogP contribution is -2.52. The molecule has 2 aliphatic heterocycles.